The summed E-state index contributed by atoms with van der Waals surface area (Å²) in [6.45, 7) is 2.99. The maximum Gasteiger partial charge on any atom is 0.125 e. The number of halogens is 1. The first-order valence-electron chi connectivity index (χ1n) is 6.83. The molecule has 2 aromatic rings. The molecule has 0 saturated carbocycles. The molecule has 0 bridgehead atoms. The van der Waals surface area contributed by atoms with Crippen molar-refractivity contribution in [1.29, 1.82) is 0 Å². The Hall–Kier alpha value is -2.07. The first-order valence-corrected chi connectivity index (χ1v) is 6.83. The van der Waals surface area contributed by atoms with Gasteiger partial charge in [-0.25, -0.2) is 4.39 Å². The largest absolute Gasteiger partial charge is 0.496 e. The van der Waals surface area contributed by atoms with Gasteiger partial charge in [-0.2, -0.15) is 0 Å². The number of methoxy groups -OCH3 is 1. The fourth-order valence-corrected chi connectivity index (χ4v) is 2.19. The first kappa shape index (κ1) is 15.3. The Balaban J connectivity index is 2.16. The molecular weight excluding hydrogens is 269 g/mol. The maximum absolute atomic E-state index is 13.1. The van der Waals surface area contributed by atoms with E-state index in [2.05, 4.69) is 5.32 Å². The molecular formula is C17H20FNO2. The van der Waals surface area contributed by atoms with Crippen LogP contribution in [0.3, 0.4) is 0 Å². The molecule has 2 rings (SSSR count). The van der Waals surface area contributed by atoms with Crippen molar-refractivity contribution in [1.82, 2.24) is 5.32 Å². The fraction of sp³-hybridized carbons (Fsp3) is 0.294. The van der Waals surface area contributed by atoms with Crippen molar-refractivity contribution in [3.8, 4) is 11.5 Å². The SMILES string of the molecule is CNCc1ccc(OC)c(COc2ccc(F)cc2C)c1. The highest BCUT2D eigenvalue weighted by molar-refractivity contribution is 5.38. The molecule has 0 atom stereocenters. The quantitative estimate of drug-likeness (QED) is 0.883. The Bertz CT molecular complexity index is 614. The number of ether oxygens (including phenoxy) is 2. The van der Waals surface area contributed by atoms with Crippen molar-refractivity contribution < 1.29 is 13.9 Å². The van der Waals surface area contributed by atoms with Crippen molar-refractivity contribution in [3.05, 3.63) is 58.9 Å². The van der Waals surface area contributed by atoms with E-state index in [9.17, 15) is 4.39 Å². The topological polar surface area (TPSA) is 30.5 Å². The summed E-state index contributed by atoms with van der Waals surface area (Å²) >= 11 is 0. The number of benzene rings is 2. The summed E-state index contributed by atoms with van der Waals surface area (Å²) < 4.78 is 24.2. The standard InChI is InChI=1S/C17H20FNO2/c1-12-8-15(18)5-7-16(12)21-11-14-9-13(10-19-2)4-6-17(14)20-3/h4-9,19H,10-11H2,1-3H3. The predicted octanol–water partition coefficient (Wildman–Crippen LogP) is 3.44. The summed E-state index contributed by atoms with van der Waals surface area (Å²) in [5.74, 6) is 1.21. The summed E-state index contributed by atoms with van der Waals surface area (Å²) in [4.78, 5) is 0. The molecule has 0 heterocycles. The summed E-state index contributed by atoms with van der Waals surface area (Å²) in [5, 5.41) is 3.11. The van der Waals surface area contributed by atoms with Crippen LogP contribution in [-0.2, 0) is 13.2 Å². The number of rotatable bonds is 6. The van der Waals surface area contributed by atoms with Gasteiger partial charge in [-0.05, 0) is 55.4 Å². The Morgan fingerprint density at radius 1 is 1.10 bits per heavy atom. The number of hydrogen-bond donors (Lipinski definition) is 1. The molecule has 0 radical (unpaired) electrons. The minimum Gasteiger partial charge on any atom is -0.496 e. The monoisotopic (exact) mass is 289 g/mol. The van der Waals surface area contributed by atoms with E-state index in [-0.39, 0.29) is 5.82 Å². The van der Waals surface area contributed by atoms with E-state index in [4.69, 9.17) is 9.47 Å². The van der Waals surface area contributed by atoms with Crippen LogP contribution in [0.5, 0.6) is 11.5 Å². The molecule has 21 heavy (non-hydrogen) atoms. The van der Waals surface area contributed by atoms with Gasteiger partial charge in [-0.1, -0.05) is 6.07 Å². The van der Waals surface area contributed by atoms with Crippen molar-refractivity contribution in [2.75, 3.05) is 14.2 Å². The minimum atomic E-state index is -0.256. The van der Waals surface area contributed by atoms with Gasteiger partial charge in [0.2, 0.25) is 0 Å². The van der Waals surface area contributed by atoms with Crippen LogP contribution in [0.25, 0.3) is 0 Å². The Morgan fingerprint density at radius 3 is 2.52 bits per heavy atom. The average Bonchev–Trinajstić information content (AvgIpc) is 2.47. The summed E-state index contributed by atoms with van der Waals surface area (Å²) in [6, 6.07) is 10.5. The minimum absolute atomic E-state index is 0.256. The van der Waals surface area contributed by atoms with Crippen LogP contribution in [-0.4, -0.2) is 14.2 Å². The lowest BCUT2D eigenvalue weighted by molar-refractivity contribution is 0.294. The highest BCUT2D eigenvalue weighted by Crippen LogP contribution is 2.24. The van der Waals surface area contributed by atoms with Gasteiger partial charge in [0.05, 0.1) is 7.11 Å². The van der Waals surface area contributed by atoms with Gasteiger partial charge in [-0.3, -0.25) is 0 Å². The average molecular weight is 289 g/mol. The van der Waals surface area contributed by atoms with Crippen molar-refractivity contribution in [2.45, 2.75) is 20.1 Å². The van der Waals surface area contributed by atoms with Gasteiger partial charge < -0.3 is 14.8 Å². The zero-order valence-corrected chi connectivity index (χ0v) is 12.6. The normalized spacial score (nSPS) is 10.5. The van der Waals surface area contributed by atoms with Crippen LogP contribution in [0.4, 0.5) is 4.39 Å². The van der Waals surface area contributed by atoms with Crippen molar-refractivity contribution in [2.24, 2.45) is 0 Å². The maximum atomic E-state index is 13.1. The molecule has 1 N–H and O–H groups in total. The first-order chi connectivity index (χ1) is 10.1. The van der Waals surface area contributed by atoms with E-state index in [0.29, 0.717) is 12.4 Å². The van der Waals surface area contributed by atoms with Crippen LogP contribution in [0.2, 0.25) is 0 Å². The van der Waals surface area contributed by atoms with Gasteiger partial charge in [-0.15, -0.1) is 0 Å². The van der Waals surface area contributed by atoms with Crippen molar-refractivity contribution in [3.63, 3.8) is 0 Å². The number of aryl methyl sites for hydroxylation is 1. The van der Waals surface area contributed by atoms with Gasteiger partial charge in [0.25, 0.3) is 0 Å². The highest BCUT2D eigenvalue weighted by atomic mass is 19.1. The van der Waals surface area contributed by atoms with Gasteiger partial charge in [0.1, 0.15) is 23.9 Å². The van der Waals surface area contributed by atoms with E-state index >= 15 is 0 Å². The molecule has 0 aliphatic carbocycles. The Labute approximate surface area is 124 Å². The van der Waals surface area contributed by atoms with E-state index in [1.807, 2.05) is 32.2 Å². The summed E-state index contributed by atoms with van der Waals surface area (Å²) in [5.41, 5.74) is 2.90. The van der Waals surface area contributed by atoms with Gasteiger partial charge >= 0.3 is 0 Å². The molecule has 0 saturated heterocycles. The van der Waals surface area contributed by atoms with E-state index in [1.165, 1.54) is 12.1 Å². The van der Waals surface area contributed by atoms with Crippen LogP contribution in [0.15, 0.2) is 36.4 Å². The third-order valence-corrected chi connectivity index (χ3v) is 3.25. The second-order valence-electron chi connectivity index (χ2n) is 4.88. The van der Waals surface area contributed by atoms with E-state index in [0.717, 1.165) is 29.0 Å². The van der Waals surface area contributed by atoms with Crippen LogP contribution in [0, 0.1) is 12.7 Å². The summed E-state index contributed by atoms with van der Waals surface area (Å²) in [7, 11) is 3.54. The van der Waals surface area contributed by atoms with Crippen molar-refractivity contribution >= 4 is 0 Å². The van der Waals surface area contributed by atoms with Gasteiger partial charge in [0, 0.05) is 12.1 Å². The molecule has 3 nitrogen and oxygen atoms in total. The molecule has 0 spiro atoms. The second kappa shape index (κ2) is 7.09. The number of hydrogen-bond acceptors (Lipinski definition) is 3. The molecule has 4 heteroatoms. The molecule has 0 aliphatic heterocycles. The predicted molar refractivity (Wildman–Crippen MR) is 81.2 cm³/mol. The molecule has 0 aliphatic rings. The highest BCUT2D eigenvalue weighted by Gasteiger charge is 2.07. The van der Waals surface area contributed by atoms with Crippen LogP contribution < -0.4 is 14.8 Å². The zero-order valence-electron chi connectivity index (χ0n) is 12.6. The molecule has 0 aromatic heterocycles. The molecule has 0 amide bonds. The molecule has 112 valence electrons. The lowest BCUT2D eigenvalue weighted by atomic mass is 10.1. The van der Waals surface area contributed by atoms with Crippen LogP contribution in [0.1, 0.15) is 16.7 Å². The Kier molecular flexibility index (Phi) is 5.17. The summed E-state index contributed by atoms with van der Waals surface area (Å²) in [6.07, 6.45) is 0. The Morgan fingerprint density at radius 2 is 1.86 bits per heavy atom. The molecule has 0 unspecified atom stereocenters. The van der Waals surface area contributed by atoms with E-state index in [1.54, 1.807) is 13.2 Å². The number of nitrogens with one attached hydrogen (secondary N) is 1. The molecule has 0 fully saturated rings. The second-order valence-corrected chi connectivity index (χ2v) is 4.88. The molecule has 2 aromatic carbocycles. The van der Waals surface area contributed by atoms with Crippen LogP contribution >= 0.6 is 0 Å². The fourth-order valence-electron chi connectivity index (χ4n) is 2.19. The smallest absolute Gasteiger partial charge is 0.125 e. The van der Waals surface area contributed by atoms with E-state index < -0.39 is 0 Å². The third kappa shape index (κ3) is 3.95. The zero-order chi connectivity index (χ0) is 15.2. The lowest BCUT2D eigenvalue weighted by Crippen LogP contribution is -2.07. The lowest BCUT2D eigenvalue weighted by Gasteiger charge is -2.13. The van der Waals surface area contributed by atoms with Gasteiger partial charge in [0.15, 0.2) is 0 Å². The third-order valence-electron chi connectivity index (χ3n) is 3.25.